The minimum Gasteiger partial charge on any atom is -0.507 e. The molecule has 0 spiro atoms. The summed E-state index contributed by atoms with van der Waals surface area (Å²) in [5, 5.41) is 24.0. The Morgan fingerprint density at radius 1 is 0.632 bits per heavy atom. The molecule has 3 aliphatic rings. The van der Waals surface area contributed by atoms with E-state index < -0.39 is 0 Å². The van der Waals surface area contributed by atoms with Gasteiger partial charge in [-0.3, -0.25) is 0 Å². The lowest BCUT2D eigenvalue weighted by molar-refractivity contribution is 0.441. The predicted molar refractivity (Wildman–Crippen MR) is 158 cm³/mol. The molecule has 2 aromatic rings. The number of hydrogen-bond donors (Lipinski definition) is 3. The first-order chi connectivity index (χ1) is 18.2. The zero-order chi connectivity index (χ0) is 27.3. The van der Waals surface area contributed by atoms with Crippen LogP contribution in [0.4, 0.5) is 0 Å². The molecule has 5 rings (SSSR count). The predicted octanol–water partition coefficient (Wildman–Crippen LogP) is 6.21. The lowest BCUT2D eigenvalue weighted by atomic mass is 9.97. The molecule has 38 heavy (non-hydrogen) atoms. The summed E-state index contributed by atoms with van der Waals surface area (Å²) >= 11 is 0. The van der Waals surface area contributed by atoms with Gasteiger partial charge in [-0.05, 0) is 110 Å². The summed E-state index contributed by atoms with van der Waals surface area (Å²) in [7, 11) is 0. The number of aliphatic imine (C=N–C) groups is 2. The highest BCUT2D eigenvalue weighted by molar-refractivity contribution is 6.24. The van der Waals surface area contributed by atoms with Crippen LogP contribution < -0.4 is 10.7 Å². The summed E-state index contributed by atoms with van der Waals surface area (Å²) in [6, 6.07) is 1.85. The third kappa shape index (κ3) is 4.01. The van der Waals surface area contributed by atoms with Crippen LogP contribution in [0.2, 0.25) is 0 Å². The van der Waals surface area contributed by atoms with E-state index in [0.29, 0.717) is 16.7 Å². The van der Waals surface area contributed by atoms with Gasteiger partial charge in [0.1, 0.15) is 11.5 Å². The summed E-state index contributed by atoms with van der Waals surface area (Å²) in [6.45, 7) is 14.7. The standard InChI is InChI=1S/C33H37N3O2/c1-8-22-17(5)26-15-30-24(10-3)25(11-4)31(36-30)16-27-18(6)23(9-2)29(35-27)14-21-12-20(13-28(22)34-26)32(37)19(7)33(21)38/h12-16,34,37-38H,8-11H2,1-7H3. The summed E-state index contributed by atoms with van der Waals surface area (Å²) in [6.07, 6.45) is 11.7. The van der Waals surface area contributed by atoms with E-state index >= 15 is 0 Å². The van der Waals surface area contributed by atoms with Crippen molar-refractivity contribution in [2.24, 2.45) is 9.98 Å². The van der Waals surface area contributed by atoms with Crippen LogP contribution in [0.15, 0.2) is 55.8 Å². The molecule has 3 aliphatic heterocycles. The van der Waals surface area contributed by atoms with Crippen LogP contribution in [0.5, 0.6) is 11.5 Å². The Kier molecular flexibility index (Phi) is 6.64. The molecule has 0 atom stereocenters. The van der Waals surface area contributed by atoms with Gasteiger partial charge in [0, 0.05) is 27.4 Å². The summed E-state index contributed by atoms with van der Waals surface area (Å²) in [5.41, 5.74) is 12.7. The molecule has 0 saturated heterocycles. The SMILES string of the molecule is CCC1=C(C)C2=NC1=Cc1cc(c(O)c(C)c1O)C=c1[nH]c(c(C)c1CC)=CC1=NC(=C2)C(CC)=C1CC. The summed E-state index contributed by atoms with van der Waals surface area (Å²) in [5.74, 6) is 0.157. The summed E-state index contributed by atoms with van der Waals surface area (Å²) in [4.78, 5) is 13.8. The van der Waals surface area contributed by atoms with Crippen molar-refractivity contribution in [2.75, 3.05) is 0 Å². The number of nitrogens with zero attached hydrogens (tertiary/aromatic N) is 2. The average molecular weight is 508 g/mol. The van der Waals surface area contributed by atoms with Crippen molar-refractivity contribution in [3.8, 4) is 11.5 Å². The molecule has 4 heterocycles. The van der Waals surface area contributed by atoms with Gasteiger partial charge in [-0.25, -0.2) is 9.98 Å². The van der Waals surface area contributed by atoms with Crippen LogP contribution in [0.3, 0.4) is 0 Å². The zero-order valence-corrected chi connectivity index (χ0v) is 23.5. The molecule has 5 heteroatoms. The number of allylic oxidation sites excluding steroid dienone is 5. The molecule has 0 aliphatic carbocycles. The largest absolute Gasteiger partial charge is 0.507 e. The first kappa shape index (κ1) is 25.8. The van der Waals surface area contributed by atoms with Gasteiger partial charge in [0.15, 0.2) is 0 Å². The Morgan fingerprint density at radius 2 is 1.24 bits per heavy atom. The van der Waals surface area contributed by atoms with Gasteiger partial charge in [-0.1, -0.05) is 27.7 Å². The maximum atomic E-state index is 11.0. The minimum atomic E-state index is 0.0737. The number of phenols is 2. The van der Waals surface area contributed by atoms with Gasteiger partial charge >= 0.3 is 0 Å². The second-order valence-corrected chi connectivity index (χ2v) is 10.2. The van der Waals surface area contributed by atoms with E-state index in [1.807, 2.05) is 18.2 Å². The van der Waals surface area contributed by atoms with E-state index in [1.54, 1.807) is 6.92 Å². The Bertz CT molecular complexity index is 1680. The molecule has 0 saturated carbocycles. The van der Waals surface area contributed by atoms with Crippen molar-refractivity contribution in [3.05, 3.63) is 84.3 Å². The van der Waals surface area contributed by atoms with E-state index in [1.165, 1.54) is 22.3 Å². The van der Waals surface area contributed by atoms with Gasteiger partial charge in [-0.15, -0.1) is 0 Å². The molecular formula is C33H37N3O2. The lowest BCUT2D eigenvalue weighted by Crippen LogP contribution is -2.14. The first-order valence-electron chi connectivity index (χ1n) is 13.7. The first-order valence-corrected chi connectivity index (χ1v) is 13.7. The number of H-pyrrole nitrogens is 1. The maximum Gasteiger partial charge on any atom is 0.129 e. The quantitative estimate of drug-likeness (QED) is 0.460. The van der Waals surface area contributed by atoms with Crippen LogP contribution in [0.1, 0.15) is 81.7 Å². The second kappa shape index (κ2) is 9.79. The highest BCUT2D eigenvalue weighted by atomic mass is 16.3. The molecule has 1 aromatic carbocycles. The highest BCUT2D eigenvalue weighted by Gasteiger charge is 2.24. The number of nitrogens with one attached hydrogen (secondary N) is 1. The van der Waals surface area contributed by atoms with E-state index in [9.17, 15) is 10.2 Å². The Hall–Kier alpha value is -3.86. The van der Waals surface area contributed by atoms with Crippen LogP contribution in [-0.4, -0.2) is 26.6 Å². The molecule has 8 bridgehead atoms. The molecular weight excluding hydrogens is 470 g/mol. The fraction of sp³-hybridized carbons (Fsp3) is 0.333. The third-order valence-electron chi connectivity index (χ3n) is 8.19. The van der Waals surface area contributed by atoms with Gasteiger partial charge in [0.05, 0.1) is 22.8 Å². The van der Waals surface area contributed by atoms with Crippen molar-refractivity contribution in [2.45, 2.75) is 74.1 Å². The number of benzene rings is 1. The molecule has 0 fully saturated rings. The van der Waals surface area contributed by atoms with E-state index in [4.69, 9.17) is 9.98 Å². The highest BCUT2D eigenvalue weighted by Crippen LogP contribution is 2.38. The van der Waals surface area contributed by atoms with E-state index in [0.717, 1.165) is 70.3 Å². The van der Waals surface area contributed by atoms with Crippen LogP contribution in [0.25, 0.3) is 18.2 Å². The second-order valence-electron chi connectivity index (χ2n) is 10.2. The normalized spacial score (nSPS) is 16.7. The monoisotopic (exact) mass is 507 g/mol. The summed E-state index contributed by atoms with van der Waals surface area (Å²) < 4.78 is 0. The topological polar surface area (TPSA) is 81.0 Å². The fourth-order valence-electron chi connectivity index (χ4n) is 5.98. The number of aromatic nitrogens is 1. The van der Waals surface area contributed by atoms with Crippen LogP contribution in [0, 0.1) is 13.8 Å². The number of rotatable bonds is 4. The average Bonchev–Trinajstić information content (AvgIpc) is 3.50. The fourth-order valence-corrected chi connectivity index (χ4v) is 5.98. The van der Waals surface area contributed by atoms with Crippen LogP contribution in [-0.2, 0) is 6.42 Å². The molecule has 0 radical (unpaired) electrons. The Morgan fingerprint density at radius 3 is 1.87 bits per heavy atom. The van der Waals surface area contributed by atoms with Gasteiger partial charge in [0.2, 0.25) is 0 Å². The van der Waals surface area contributed by atoms with Crippen LogP contribution >= 0.6 is 0 Å². The number of hydrogen-bond acceptors (Lipinski definition) is 4. The molecule has 0 amide bonds. The van der Waals surface area contributed by atoms with Crippen molar-refractivity contribution >= 4 is 29.7 Å². The molecule has 5 nitrogen and oxygen atoms in total. The molecule has 0 unspecified atom stereocenters. The van der Waals surface area contributed by atoms with Gasteiger partial charge < -0.3 is 15.2 Å². The van der Waals surface area contributed by atoms with Crippen molar-refractivity contribution in [3.63, 3.8) is 0 Å². The maximum absolute atomic E-state index is 11.0. The van der Waals surface area contributed by atoms with Gasteiger partial charge in [0.25, 0.3) is 0 Å². The molecule has 1 aromatic heterocycles. The Balaban J connectivity index is 1.92. The van der Waals surface area contributed by atoms with Crippen molar-refractivity contribution in [1.29, 1.82) is 0 Å². The van der Waals surface area contributed by atoms with E-state index in [2.05, 4.69) is 58.7 Å². The number of aromatic amines is 1. The zero-order valence-electron chi connectivity index (χ0n) is 23.5. The number of fused-ring (bicyclic) bond motifs is 6. The Labute approximate surface area is 224 Å². The molecule has 3 N–H and O–H groups in total. The van der Waals surface area contributed by atoms with E-state index in [-0.39, 0.29) is 11.5 Å². The lowest BCUT2D eigenvalue weighted by Gasteiger charge is -2.11. The smallest absolute Gasteiger partial charge is 0.129 e. The third-order valence-corrected chi connectivity index (χ3v) is 8.19. The van der Waals surface area contributed by atoms with Crippen molar-refractivity contribution < 1.29 is 10.2 Å². The van der Waals surface area contributed by atoms with Gasteiger partial charge in [-0.2, -0.15) is 0 Å². The minimum absolute atomic E-state index is 0.0737. The number of phenolic OH excluding ortho intramolecular Hbond substituents is 2. The molecule has 196 valence electrons. The number of aromatic hydroxyl groups is 2. The van der Waals surface area contributed by atoms with Crippen molar-refractivity contribution in [1.82, 2.24) is 4.98 Å².